The highest BCUT2D eigenvalue weighted by Gasteiger charge is 2.25. The lowest BCUT2D eigenvalue weighted by molar-refractivity contribution is 0.136. The average Bonchev–Trinajstić information content (AvgIpc) is 2.29. The molecule has 0 spiro atoms. The highest BCUT2D eigenvalue weighted by atomic mass is 35.5. The first-order valence-corrected chi connectivity index (χ1v) is 6.90. The standard InChI is InChI=1S/C14H21ClN2O/c1-3-7-17(11-8-16-9-11)10-12-13(15)5-4-6-14(12)18-2/h4-6,11,16H,3,7-10H2,1-2H3. The van der Waals surface area contributed by atoms with Gasteiger partial charge in [0, 0.05) is 36.3 Å². The normalized spacial score (nSPS) is 15.8. The van der Waals surface area contributed by atoms with E-state index in [2.05, 4.69) is 17.1 Å². The molecule has 1 N–H and O–H groups in total. The molecular weight excluding hydrogens is 248 g/mol. The van der Waals surface area contributed by atoms with Gasteiger partial charge in [-0.2, -0.15) is 0 Å². The molecule has 18 heavy (non-hydrogen) atoms. The molecule has 1 aromatic rings. The van der Waals surface area contributed by atoms with E-state index in [4.69, 9.17) is 16.3 Å². The molecule has 2 rings (SSSR count). The Morgan fingerprint density at radius 1 is 1.44 bits per heavy atom. The molecule has 0 aliphatic carbocycles. The van der Waals surface area contributed by atoms with Crippen LogP contribution in [-0.2, 0) is 6.54 Å². The molecule has 1 heterocycles. The van der Waals surface area contributed by atoms with Crippen LogP contribution in [0.1, 0.15) is 18.9 Å². The van der Waals surface area contributed by atoms with Gasteiger partial charge in [0.15, 0.2) is 0 Å². The van der Waals surface area contributed by atoms with Crippen LogP contribution in [0.25, 0.3) is 0 Å². The third kappa shape index (κ3) is 2.97. The summed E-state index contributed by atoms with van der Waals surface area (Å²) in [6, 6.07) is 6.47. The summed E-state index contributed by atoms with van der Waals surface area (Å²) in [5, 5.41) is 4.12. The Bertz CT molecular complexity index is 393. The van der Waals surface area contributed by atoms with Crippen LogP contribution >= 0.6 is 11.6 Å². The molecule has 100 valence electrons. The van der Waals surface area contributed by atoms with Crippen molar-refractivity contribution in [2.24, 2.45) is 0 Å². The van der Waals surface area contributed by atoms with E-state index in [1.54, 1.807) is 7.11 Å². The molecule has 0 unspecified atom stereocenters. The predicted molar refractivity (Wildman–Crippen MR) is 75.4 cm³/mol. The van der Waals surface area contributed by atoms with Gasteiger partial charge >= 0.3 is 0 Å². The molecule has 4 heteroatoms. The lowest BCUT2D eigenvalue weighted by Crippen LogP contribution is -2.57. The van der Waals surface area contributed by atoms with Crippen molar-refractivity contribution in [3.63, 3.8) is 0 Å². The number of rotatable bonds is 6. The predicted octanol–water partition coefficient (Wildman–Crippen LogP) is 2.53. The maximum atomic E-state index is 6.30. The van der Waals surface area contributed by atoms with Crippen molar-refractivity contribution in [1.82, 2.24) is 10.2 Å². The summed E-state index contributed by atoms with van der Waals surface area (Å²) in [6.45, 7) is 6.33. The Kier molecular flexibility index (Phi) is 4.87. The van der Waals surface area contributed by atoms with Crippen LogP contribution in [0.5, 0.6) is 5.75 Å². The smallest absolute Gasteiger partial charge is 0.124 e. The number of ether oxygens (including phenoxy) is 1. The third-order valence-electron chi connectivity index (χ3n) is 3.44. The molecule has 0 radical (unpaired) electrons. The van der Waals surface area contributed by atoms with Crippen molar-refractivity contribution in [3.8, 4) is 5.75 Å². The molecule has 0 atom stereocenters. The van der Waals surface area contributed by atoms with Gasteiger partial charge in [-0.05, 0) is 25.1 Å². The van der Waals surface area contributed by atoms with Crippen molar-refractivity contribution in [3.05, 3.63) is 28.8 Å². The monoisotopic (exact) mass is 268 g/mol. The van der Waals surface area contributed by atoms with Crippen LogP contribution in [-0.4, -0.2) is 37.7 Å². The summed E-state index contributed by atoms with van der Waals surface area (Å²) in [4.78, 5) is 2.49. The second-order valence-corrected chi connectivity index (χ2v) is 5.11. The van der Waals surface area contributed by atoms with Crippen LogP contribution in [0.15, 0.2) is 18.2 Å². The quantitative estimate of drug-likeness (QED) is 0.858. The van der Waals surface area contributed by atoms with E-state index in [0.717, 1.165) is 48.9 Å². The lowest BCUT2D eigenvalue weighted by Gasteiger charge is -2.38. The van der Waals surface area contributed by atoms with Crippen molar-refractivity contribution in [2.75, 3.05) is 26.7 Å². The van der Waals surface area contributed by atoms with Gasteiger partial charge in [0.1, 0.15) is 5.75 Å². The van der Waals surface area contributed by atoms with Crippen molar-refractivity contribution in [1.29, 1.82) is 0 Å². The fourth-order valence-corrected chi connectivity index (χ4v) is 2.52. The van der Waals surface area contributed by atoms with Crippen LogP contribution in [0.4, 0.5) is 0 Å². The van der Waals surface area contributed by atoms with Crippen LogP contribution in [0.2, 0.25) is 5.02 Å². The number of nitrogens with one attached hydrogen (secondary N) is 1. The number of benzene rings is 1. The van der Waals surface area contributed by atoms with Gasteiger partial charge in [0.2, 0.25) is 0 Å². The molecule has 0 bridgehead atoms. The minimum Gasteiger partial charge on any atom is -0.496 e. The van der Waals surface area contributed by atoms with Crippen LogP contribution in [0, 0.1) is 0 Å². The zero-order chi connectivity index (χ0) is 13.0. The summed E-state index contributed by atoms with van der Waals surface area (Å²) >= 11 is 6.30. The maximum absolute atomic E-state index is 6.30. The van der Waals surface area contributed by atoms with Crippen LogP contribution < -0.4 is 10.1 Å². The number of halogens is 1. The van der Waals surface area contributed by atoms with Gasteiger partial charge in [0.25, 0.3) is 0 Å². The van der Waals surface area contributed by atoms with E-state index < -0.39 is 0 Å². The fraction of sp³-hybridized carbons (Fsp3) is 0.571. The topological polar surface area (TPSA) is 24.5 Å². The Labute approximate surface area is 114 Å². The molecule has 1 aliphatic rings. The second-order valence-electron chi connectivity index (χ2n) is 4.70. The van der Waals surface area contributed by atoms with E-state index in [9.17, 15) is 0 Å². The maximum Gasteiger partial charge on any atom is 0.124 e. The average molecular weight is 269 g/mol. The van der Waals surface area contributed by atoms with E-state index in [-0.39, 0.29) is 0 Å². The summed E-state index contributed by atoms with van der Waals surface area (Å²) in [5.74, 6) is 0.885. The summed E-state index contributed by atoms with van der Waals surface area (Å²) < 4.78 is 5.41. The number of nitrogens with zero attached hydrogens (tertiary/aromatic N) is 1. The van der Waals surface area contributed by atoms with Gasteiger partial charge in [0.05, 0.1) is 7.11 Å². The Balaban J connectivity index is 2.14. The number of hydrogen-bond acceptors (Lipinski definition) is 3. The molecule has 3 nitrogen and oxygen atoms in total. The summed E-state index contributed by atoms with van der Waals surface area (Å²) in [6.07, 6.45) is 1.16. The minimum absolute atomic E-state index is 0.630. The molecule has 1 aromatic carbocycles. The van der Waals surface area contributed by atoms with E-state index >= 15 is 0 Å². The van der Waals surface area contributed by atoms with E-state index in [0.29, 0.717) is 6.04 Å². The molecule has 0 amide bonds. The van der Waals surface area contributed by atoms with Gasteiger partial charge < -0.3 is 10.1 Å². The van der Waals surface area contributed by atoms with Crippen LogP contribution in [0.3, 0.4) is 0 Å². The van der Waals surface area contributed by atoms with Crippen molar-refractivity contribution in [2.45, 2.75) is 25.9 Å². The minimum atomic E-state index is 0.630. The molecule has 0 aromatic heterocycles. The van der Waals surface area contributed by atoms with Gasteiger partial charge in [-0.15, -0.1) is 0 Å². The Morgan fingerprint density at radius 3 is 2.78 bits per heavy atom. The molecule has 0 saturated carbocycles. The second kappa shape index (κ2) is 6.41. The SMILES string of the molecule is CCCN(Cc1c(Cl)cccc1OC)C1CNC1. The number of hydrogen-bond donors (Lipinski definition) is 1. The molecule has 1 saturated heterocycles. The van der Waals surface area contributed by atoms with Gasteiger partial charge in [-0.3, -0.25) is 4.90 Å². The first kappa shape index (κ1) is 13.7. The summed E-state index contributed by atoms with van der Waals surface area (Å²) in [5.41, 5.74) is 1.10. The third-order valence-corrected chi connectivity index (χ3v) is 3.80. The zero-order valence-electron chi connectivity index (χ0n) is 11.1. The first-order valence-electron chi connectivity index (χ1n) is 6.52. The molecule has 1 aliphatic heterocycles. The van der Waals surface area contributed by atoms with Crippen molar-refractivity contribution >= 4 is 11.6 Å². The number of methoxy groups -OCH3 is 1. The highest BCUT2D eigenvalue weighted by molar-refractivity contribution is 6.31. The molecular formula is C14H21ClN2O. The zero-order valence-corrected chi connectivity index (χ0v) is 11.8. The van der Waals surface area contributed by atoms with Gasteiger partial charge in [-0.1, -0.05) is 24.6 Å². The highest BCUT2D eigenvalue weighted by Crippen LogP contribution is 2.28. The first-order chi connectivity index (χ1) is 8.76. The Hall–Kier alpha value is -0.770. The van der Waals surface area contributed by atoms with E-state index in [1.165, 1.54) is 0 Å². The fourth-order valence-electron chi connectivity index (χ4n) is 2.30. The Morgan fingerprint density at radius 2 is 2.22 bits per heavy atom. The summed E-state index contributed by atoms with van der Waals surface area (Å²) in [7, 11) is 1.70. The van der Waals surface area contributed by atoms with Crippen molar-refractivity contribution < 1.29 is 4.74 Å². The largest absolute Gasteiger partial charge is 0.496 e. The molecule has 1 fully saturated rings. The lowest BCUT2D eigenvalue weighted by atomic mass is 10.1. The van der Waals surface area contributed by atoms with E-state index in [1.807, 2.05) is 18.2 Å². The van der Waals surface area contributed by atoms with Gasteiger partial charge in [-0.25, -0.2) is 0 Å².